The van der Waals surface area contributed by atoms with E-state index in [4.69, 9.17) is 4.74 Å². The van der Waals surface area contributed by atoms with Crippen LogP contribution in [-0.4, -0.2) is 38.0 Å². The summed E-state index contributed by atoms with van der Waals surface area (Å²) in [5, 5.41) is 10.9. The van der Waals surface area contributed by atoms with E-state index in [-0.39, 0.29) is 11.6 Å². The van der Waals surface area contributed by atoms with E-state index in [1.807, 2.05) is 44.2 Å². The van der Waals surface area contributed by atoms with E-state index in [1.165, 1.54) is 6.20 Å². The smallest absolute Gasteiger partial charge is 0.341 e. The summed E-state index contributed by atoms with van der Waals surface area (Å²) in [6.45, 7) is 3.51. The van der Waals surface area contributed by atoms with Crippen LogP contribution in [0.15, 0.2) is 55.0 Å². The third kappa shape index (κ3) is 3.97. The maximum absolute atomic E-state index is 12.1. The molecule has 0 bridgehead atoms. The third-order valence-corrected chi connectivity index (χ3v) is 3.60. The summed E-state index contributed by atoms with van der Waals surface area (Å²) >= 11 is 0. The molecule has 0 radical (unpaired) electrons. The van der Waals surface area contributed by atoms with Gasteiger partial charge in [-0.2, -0.15) is 10.2 Å². The molecule has 0 aliphatic carbocycles. The zero-order valence-electron chi connectivity index (χ0n) is 14.5. The average molecular weight is 353 g/mol. The standard InChI is InChI=1S/C18H19N5O3/c1-13(2)23-16(8-9-19-23)21-17(24)12-26-18(25)14-10-20-22(11-14)15-6-4-3-5-7-15/h3-11,13H,12H2,1-2H3,(H,21,24). The highest BCUT2D eigenvalue weighted by molar-refractivity contribution is 5.94. The molecule has 0 saturated carbocycles. The Bertz CT molecular complexity index is 898. The van der Waals surface area contributed by atoms with Crippen LogP contribution in [-0.2, 0) is 9.53 Å². The number of carbonyl (C=O) groups is 2. The van der Waals surface area contributed by atoms with Crippen molar-refractivity contribution in [1.82, 2.24) is 19.6 Å². The first-order valence-electron chi connectivity index (χ1n) is 8.15. The van der Waals surface area contributed by atoms with Gasteiger partial charge in [-0.15, -0.1) is 0 Å². The van der Waals surface area contributed by atoms with Crippen LogP contribution in [0, 0.1) is 0 Å². The van der Waals surface area contributed by atoms with Crippen molar-refractivity contribution in [3.63, 3.8) is 0 Å². The molecule has 1 amide bonds. The molecule has 0 unspecified atom stereocenters. The van der Waals surface area contributed by atoms with Gasteiger partial charge in [0.25, 0.3) is 5.91 Å². The Balaban J connectivity index is 1.56. The molecule has 0 aliphatic rings. The lowest BCUT2D eigenvalue weighted by atomic mass is 10.3. The molecule has 0 saturated heterocycles. The van der Waals surface area contributed by atoms with Crippen LogP contribution in [0.4, 0.5) is 5.82 Å². The van der Waals surface area contributed by atoms with Gasteiger partial charge in [-0.25, -0.2) is 14.2 Å². The fourth-order valence-corrected chi connectivity index (χ4v) is 2.37. The number of para-hydroxylation sites is 1. The van der Waals surface area contributed by atoms with Crippen LogP contribution < -0.4 is 5.32 Å². The number of esters is 1. The number of benzene rings is 1. The number of aromatic nitrogens is 4. The van der Waals surface area contributed by atoms with Crippen molar-refractivity contribution in [3.8, 4) is 5.69 Å². The van der Waals surface area contributed by atoms with Crippen molar-refractivity contribution < 1.29 is 14.3 Å². The van der Waals surface area contributed by atoms with Gasteiger partial charge in [-0.3, -0.25) is 4.79 Å². The highest BCUT2D eigenvalue weighted by Gasteiger charge is 2.14. The maximum atomic E-state index is 12.1. The van der Waals surface area contributed by atoms with Gasteiger partial charge < -0.3 is 10.1 Å². The van der Waals surface area contributed by atoms with Gasteiger partial charge in [0.1, 0.15) is 5.82 Å². The molecule has 1 aromatic carbocycles. The van der Waals surface area contributed by atoms with Gasteiger partial charge in [0.15, 0.2) is 6.61 Å². The van der Waals surface area contributed by atoms with E-state index in [0.29, 0.717) is 5.82 Å². The van der Waals surface area contributed by atoms with Crippen LogP contribution in [0.3, 0.4) is 0 Å². The highest BCUT2D eigenvalue weighted by atomic mass is 16.5. The molecule has 134 valence electrons. The summed E-state index contributed by atoms with van der Waals surface area (Å²) in [5.41, 5.74) is 1.10. The van der Waals surface area contributed by atoms with Gasteiger partial charge >= 0.3 is 5.97 Å². The summed E-state index contributed by atoms with van der Waals surface area (Å²) in [6, 6.07) is 11.2. The molecular formula is C18H19N5O3. The number of carbonyl (C=O) groups excluding carboxylic acids is 2. The zero-order chi connectivity index (χ0) is 18.5. The Morgan fingerprint density at radius 2 is 1.92 bits per heavy atom. The van der Waals surface area contributed by atoms with Gasteiger partial charge in [0.2, 0.25) is 0 Å². The average Bonchev–Trinajstić information content (AvgIpc) is 3.30. The summed E-state index contributed by atoms with van der Waals surface area (Å²) in [7, 11) is 0. The molecule has 1 N–H and O–H groups in total. The Kier molecular flexibility index (Phi) is 5.12. The van der Waals surface area contributed by atoms with Crippen LogP contribution in [0.1, 0.15) is 30.2 Å². The first kappa shape index (κ1) is 17.4. The van der Waals surface area contributed by atoms with Gasteiger partial charge in [0.05, 0.1) is 23.6 Å². The number of hydrogen-bond acceptors (Lipinski definition) is 5. The van der Waals surface area contributed by atoms with Crippen LogP contribution in [0.2, 0.25) is 0 Å². The molecule has 8 nitrogen and oxygen atoms in total. The monoisotopic (exact) mass is 353 g/mol. The second kappa shape index (κ2) is 7.64. The third-order valence-electron chi connectivity index (χ3n) is 3.60. The molecule has 2 heterocycles. The summed E-state index contributed by atoms with van der Waals surface area (Å²) in [4.78, 5) is 24.1. The molecular weight excluding hydrogens is 334 g/mol. The minimum absolute atomic E-state index is 0.103. The maximum Gasteiger partial charge on any atom is 0.341 e. The number of amides is 1. The second-order valence-corrected chi connectivity index (χ2v) is 5.89. The highest BCUT2D eigenvalue weighted by Crippen LogP contribution is 2.13. The molecule has 26 heavy (non-hydrogen) atoms. The Morgan fingerprint density at radius 3 is 2.65 bits per heavy atom. The topological polar surface area (TPSA) is 91.0 Å². The van der Waals surface area contributed by atoms with Crippen molar-refractivity contribution >= 4 is 17.7 Å². The van der Waals surface area contributed by atoms with Crippen molar-refractivity contribution in [2.45, 2.75) is 19.9 Å². The van der Waals surface area contributed by atoms with Crippen molar-refractivity contribution in [2.24, 2.45) is 0 Å². The second-order valence-electron chi connectivity index (χ2n) is 5.89. The fourth-order valence-electron chi connectivity index (χ4n) is 2.37. The minimum atomic E-state index is -0.611. The number of rotatable bonds is 6. The Hall–Kier alpha value is -3.42. The fraction of sp³-hybridized carbons (Fsp3) is 0.222. The molecule has 8 heteroatoms. The molecule has 2 aromatic heterocycles. The number of ether oxygens (including phenoxy) is 1. The van der Waals surface area contributed by atoms with E-state index >= 15 is 0 Å². The lowest BCUT2D eigenvalue weighted by Gasteiger charge is -2.11. The zero-order valence-corrected chi connectivity index (χ0v) is 14.5. The van der Waals surface area contributed by atoms with Crippen LogP contribution >= 0.6 is 0 Å². The van der Waals surface area contributed by atoms with E-state index in [2.05, 4.69) is 15.5 Å². The van der Waals surface area contributed by atoms with Crippen molar-refractivity contribution in [1.29, 1.82) is 0 Å². The van der Waals surface area contributed by atoms with Crippen LogP contribution in [0.25, 0.3) is 5.69 Å². The summed E-state index contributed by atoms with van der Waals surface area (Å²) in [6.07, 6.45) is 4.56. The SMILES string of the molecule is CC(C)n1nccc1NC(=O)COC(=O)c1cnn(-c2ccccc2)c1. The largest absolute Gasteiger partial charge is 0.452 e. The predicted molar refractivity (Wildman–Crippen MR) is 95.1 cm³/mol. The first-order chi connectivity index (χ1) is 12.5. The lowest BCUT2D eigenvalue weighted by molar-refractivity contribution is -0.119. The first-order valence-corrected chi connectivity index (χ1v) is 8.15. The Morgan fingerprint density at radius 1 is 1.15 bits per heavy atom. The Labute approximate surface area is 150 Å². The van der Waals surface area contributed by atoms with Gasteiger partial charge in [-0.1, -0.05) is 18.2 Å². The number of nitrogens with one attached hydrogen (secondary N) is 1. The molecule has 0 aliphatic heterocycles. The van der Waals surface area contributed by atoms with E-state index in [9.17, 15) is 9.59 Å². The normalized spacial score (nSPS) is 10.7. The molecule has 3 rings (SSSR count). The van der Waals surface area contributed by atoms with Gasteiger partial charge in [0, 0.05) is 18.3 Å². The summed E-state index contributed by atoms with van der Waals surface area (Å²) in [5.74, 6) is -0.492. The molecule has 0 atom stereocenters. The minimum Gasteiger partial charge on any atom is -0.452 e. The number of anilines is 1. The molecule has 0 fully saturated rings. The molecule has 3 aromatic rings. The van der Waals surface area contributed by atoms with E-state index < -0.39 is 18.5 Å². The van der Waals surface area contributed by atoms with Crippen LogP contribution in [0.5, 0.6) is 0 Å². The van der Waals surface area contributed by atoms with E-state index in [1.54, 1.807) is 27.8 Å². The molecule has 0 spiro atoms. The van der Waals surface area contributed by atoms with E-state index in [0.717, 1.165) is 5.69 Å². The number of nitrogens with zero attached hydrogens (tertiary/aromatic N) is 4. The number of hydrogen-bond donors (Lipinski definition) is 1. The predicted octanol–water partition coefficient (Wildman–Crippen LogP) is 2.45. The lowest BCUT2D eigenvalue weighted by Crippen LogP contribution is -2.23. The summed E-state index contributed by atoms with van der Waals surface area (Å²) < 4.78 is 8.29. The van der Waals surface area contributed by atoms with Crippen molar-refractivity contribution in [3.05, 3.63) is 60.6 Å². The quantitative estimate of drug-likeness (QED) is 0.687. The van der Waals surface area contributed by atoms with Crippen molar-refractivity contribution in [2.75, 3.05) is 11.9 Å². The van der Waals surface area contributed by atoms with Gasteiger partial charge in [-0.05, 0) is 26.0 Å².